The lowest BCUT2D eigenvalue weighted by molar-refractivity contribution is 0.0544. The van der Waals surface area contributed by atoms with Crippen LogP contribution in [0.4, 0.5) is 4.79 Å². The summed E-state index contributed by atoms with van der Waals surface area (Å²) >= 11 is 0. The van der Waals surface area contributed by atoms with Gasteiger partial charge in [0.25, 0.3) is 0 Å². The van der Waals surface area contributed by atoms with Crippen LogP contribution in [0.25, 0.3) is 16.1 Å². The molecule has 0 saturated heterocycles. The topological polar surface area (TPSA) is 48.3 Å². The zero-order chi connectivity index (χ0) is 19.5. The van der Waals surface area contributed by atoms with Gasteiger partial charge in [0.05, 0.1) is 5.52 Å². The Labute approximate surface area is 156 Å². The number of rotatable bonds is 5. The van der Waals surface area contributed by atoms with Crippen LogP contribution in [0.2, 0.25) is 18.1 Å². The predicted octanol–water partition coefficient (Wildman–Crippen LogP) is 5.69. The van der Waals surface area contributed by atoms with Crippen LogP contribution in [0.1, 0.15) is 47.1 Å². The molecule has 4 nitrogen and oxygen atoms in total. The van der Waals surface area contributed by atoms with Crippen LogP contribution in [-0.2, 0) is 9.53 Å². The van der Waals surface area contributed by atoms with E-state index >= 15 is 0 Å². The van der Waals surface area contributed by atoms with E-state index in [1.807, 2.05) is 45.0 Å². The van der Waals surface area contributed by atoms with E-state index in [1.165, 1.54) is 4.57 Å². The maximum Gasteiger partial charge on any atom is 0.419 e. The van der Waals surface area contributed by atoms with Crippen LogP contribution in [0.5, 0.6) is 0 Å². The molecule has 1 aromatic heterocycles. The highest BCUT2D eigenvalue weighted by Gasteiger charge is 2.35. The van der Waals surface area contributed by atoms with Gasteiger partial charge in [0.15, 0.2) is 0 Å². The average Bonchev–Trinajstić information content (AvgIpc) is 2.98. The van der Waals surface area contributed by atoms with Crippen molar-refractivity contribution in [3.05, 3.63) is 36.0 Å². The second-order valence-corrected chi connectivity index (χ2v) is 12.9. The first-order valence-electron chi connectivity index (χ1n) is 9.32. The minimum absolute atomic E-state index is 0.429. The number of benzene rings is 1. The van der Waals surface area contributed by atoms with Crippen molar-refractivity contribution in [3.8, 4) is 0 Å². The molecule has 0 saturated carbocycles. The fourth-order valence-corrected chi connectivity index (χ4v) is 7.12. The molecule has 1 aromatic carbocycles. The third-order valence-corrected chi connectivity index (χ3v) is 10.7. The highest BCUT2D eigenvalue weighted by atomic mass is 28.3. The number of ether oxygens (including phenoxy) is 1. The molecule has 0 atom stereocenters. The fraction of sp³-hybridized carbons (Fsp3) is 0.476. The van der Waals surface area contributed by atoms with Crippen molar-refractivity contribution in [3.63, 3.8) is 0 Å². The summed E-state index contributed by atoms with van der Waals surface area (Å²) in [6.07, 6.45) is 1.34. The van der Waals surface area contributed by atoms with Crippen LogP contribution < -0.4 is 0 Å². The zero-order valence-electron chi connectivity index (χ0n) is 16.7. The van der Waals surface area contributed by atoms with Crippen molar-refractivity contribution in [2.45, 2.75) is 65.3 Å². The smallest absolute Gasteiger partial charge is 0.419 e. The molecular formula is C21H29NO3Si. The molecule has 0 aliphatic rings. The maximum absolute atomic E-state index is 12.7. The number of para-hydroxylation sites is 1. The molecule has 5 heteroatoms. The predicted molar refractivity (Wildman–Crippen MR) is 110 cm³/mol. The minimum atomic E-state index is -1.95. The van der Waals surface area contributed by atoms with E-state index in [0.717, 1.165) is 39.8 Å². The van der Waals surface area contributed by atoms with Gasteiger partial charge < -0.3 is 4.74 Å². The molecule has 0 fully saturated rings. The largest absolute Gasteiger partial charge is 0.443 e. The molecule has 2 rings (SSSR count). The SMILES string of the molecule is CC[Si](CC)(CC)C(=C=O)c1cn(C(=O)OC(C)(C)C)c2ccccc12. The monoisotopic (exact) mass is 371 g/mol. The maximum atomic E-state index is 12.7. The summed E-state index contributed by atoms with van der Waals surface area (Å²) in [5.74, 6) is 2.27. The molecule has 0 bridgehead atoms. The van der Waals surface area contributed by atoms with Crippen molar-refractivity contribution in [2.24, 2.45) is 0 Å². The number of carbonyl (C=O) groups is 1. The number of hydrogen-bond acceptors (Lipinski definition) is 3. The number of aromatic nitrogens is 1. The lowest BCUT2D eigenvalue weighted by Gasteiger charge is -2.28. The molecule has 0 radical (unpaired) electrons. The van der Waals surface area contributed by atoms with Crippen molar-refractivity contribution < 1.29 is 14.3 Å². The van der Waals surface area contributed by atoms with E-state index in [-0.39, 0.29) is 0 Å². The molecule has 140 valence electrons. The molecular weight excluding hydrogens is 342 g/mol. The highest BCUT2D eigenvalue weighted by molar-refractivity contribution is 6.98. The normalized spacial score (nSPS) is 12.1. The summed E-state index contributed by atoms with van der Waals surface area (Å²) in [6, 6.07) is 10.6. The van der Waals surface area contributed by atoms with Gasteiger partial charge in [-0.2, -0.15) is 0 Å². The Bertz CT molecular complexity index is 841. The Balaban J connectivity index is 2.69. The van der Waals surface area contributed by atoms with E-state index in [1.54, 1.807) is 6.20 Å². The molecule has 1 heterocycles. The Morgan fingerprint density at radius 2 is 1.69 bits per heavy atom. The van der Waals surface area contributed by atoms with Gasteiger partial charge in [0.2, 0.25) is 0 Å². The van der Waals surface area contributed by atoms with Crippen LogP contribution in [0.3, 0.4) is 0 Å². The van der Waals surface area contributed by atoms with Crippen molar-refractivity contribution in [2.75, 3.05) is 0 Å². The van der Waals surface area contributed by atoms with Gasteiger partial charge in [-0.25, -0.2) is 9.59 Å². The summed E-state index contributed by atoms with van der Waals surface area (Å²) < 4.78 is 7.07. The van der Waals surface area contributed by atoms with Crippen LogP contribution in [-0.4, -0.2) is 30.3 Å². The molecule has 26 heavy (non-hydrogen) atoms. The third kappa shape index (κ3) is 3.69. The van der Waals surface area contributed by atoms with Crippen molar-refractivity contribution in [1.82, 2.24) is 4.57 Å². The summed E-state index contributed by atoms with van der Waals surface area (Å²) in [5.41, 5.74) is 1.01. The second kappa shape index (κ2) is 7.64. The van der Waals surface area contributed by atoms with Crippen molar-refractivity contribution in [1.29, 1.82) is 0 Å². The van der Waals surface area contributed by atoms with Crippen LogP contribution in [0, 0.1) is 0 Å². The van der Waals surface area contributed by atoms with Crippen LogP contribution in [0.15, 0.2) is 30.5 Å². The molecule has 0 aliphatic heterocycles. The van der Waals surface area contributed by atoms with Crippen molar-refractivity contribution >= 4 is 36.2 Å². The lowest BCUT2D eigenvalue weighted by Crippen LogP contribution is -2.34. The highest BCUT2D eigenvalue weighted by Crippen LogP contribution is 2.37. The molecule has 0 spiro atoms. The standard InChI is InChI=1S/C21H29NO3Si/c1-7-26(8-2,9-3)19(15-23)17-14-22(20(24)25-21(4,5)6)18-13-11-10-12-16(17)18/h10-14H,7-9H2,1-6H3. The van der Waals surface area contributed by atoms with Gasteiger partial charge in [-0.05, 0) is 26.8 Å². The Kier molecular flexibility index (Phi) is 5.94. The summed E-state index contributed by atoms with van der Waals surface area (Å²) in [4.78, 5) is 24.7. The Hall–Kier alpha value is -2.10. The number of fused-ring (bicyclic) bond motifs is 1. The number of carbonyl (C=O) groups excluding carboxylic acids is 2. The summed E-state index contributed by atoms with van der Waals surface area (Å²) in [5, 5.41) is 1.69. The molecule has 2 aromatic rings. The molecule has 0 aliphatic carbocycles. The van der Waals surface area contributed by atoms with E-state index in [0.29, 0.717) is 0 Å². The Morgan fingerprint density at radius 3 is 2.19 bits per heavy atom. The first kappa shape index (κ1) is 20.2. The quantitative estimate of drug-likeness (QED) is 0.501. The molecule has 0 amide bonds. The average molecular weight is 372 g/mol. The van der Waals surface area contributed by atoms with Crippen LogP contribution >= 0.6 is 0 Å². The Morgan fingerprint density at radius 1 is 1.12 bits per heavy atom. The molecule has 0 unspecified atom stereocenters. The zero-order valence-corrected chi connectivity index (χ0v) is 17.7. The van der Waals surface area contributed by atoms with E-state index in [4.69, 9.17) is 4.74 Å². The van der Waals surface area contributed by atoms with Gasteiger partial charge in [-0.15, -0.1) is 0 Å². The summed E-state index contributed by atoms with van der Waals surface area (Å²) in [7, 11) is -1.95. The molecule has 0 N–H and O–H groups in total. The lowest BCUT2D eigenvalue weighted by atomic mass is 10.2. The first-order valence-corrected chi connectivity index (χ1v) is 11.9. The summed E-state index contributed by atoms with van der Waals surface area (Å²) in [6.45, 7) is 12.0. The number of nitrogens with zero attached hydrogens (tertiary/aromatic N) is 1. The number of hydrogen-bond donors (Lipinski definition) is 0. The van der Waals surface area contributed by atoms with E-state index < -0.39 is 19.8 Å². The van der Waals surface area contributed by atoms with E-state index in [2.05, 4.69) is 26.7 Å². The van der Waals surface area contributed by atoms with Gasteiger partial charge in [-0.3, -0.25) is 4.57 Å². The first-order chi connectivity index (χ1) is 12.2. The van der Waals surface area contributed by atoms with Gasteiger partial charge >= 0.3 is 6.09 Å². The van der Waals surface area contributed by atoms with Gasteiger partial charge in [0, 0.05) is 22.3 Å². The minimum Gasteiger partial charge on any atom is -0.443 e. The second-order valence-electron chi connectivity index (χ2n) is 7.73. The van der Waals surface area contributed by atoms with Gasteiger partial charge in [-0.1, -0.05) is 57.1 Å². The van der Waals surface area contributed by atoms with E-state index in [9.17, 15) is 9.59 Å². The fourth-order valence-electron chi connectivity index (χ4n) is 3.57. The third-order valence-electron chi connectivity index (χ3n) is 5.23. The van der Waals surface area contributed by atoms with Gasteiger partial charge in [0.1, 0.15) is 19.6 Å².